The van der Waals surface area contributed by atoms with E-state index in [9.17, 15) is 13.2 Å². The molecule has 126 valence electrons. The molecular formula is C20H15F3N2. The summed E-state index contributed by atoms with van der Waals surface area (Å²) in [5.74, 6) is -4.32. The second-order valence-corrected chi connectivity index (χ2v) is 6.67. The monoisotopic (exact) mass is 340 g/mol. The molecule has 0 bridgehead atoms. The number of alkyl halides is 2. The number of fused-ring (bicyclic) bond motifs is 2. The lowest BCUT2D eigenvalue weighted by atomic mass is 9.81. The Kier molecular flexibility index (Phi) is 3.26. The van der Waals surface area contributed by atoms with Crippen molar-refractivity contribution >= 4 is 16.6 Å². The minimum absolute atomic E-state index is 0.112. The van der Waals surface area contributed by atoms with E-state index in [2.05, 4.69) is 9.98 Å². The van der Waals surface area contributed by atoms with Gasteiger partial charge < -0.3 is 0 Å². The lowest BCUT2D eigenvalue weighted by Gasteiger charge is -2.37. The van der Waals surface area contributed by atoms with Gasteiger partial charge in [-0.05, 0) is 32.0 Å². The number of aliphatic imine (C=N–C) groups is 1. The van der Waals surface area contributed by atoms with Crippen LogP contribution in [0.5, 0.6) is 0 Å². The van der Waals surface area contributed by atoms with Crippen LogP contribution in [-0.2, 0) is 5.92 Å². The molecule has 0 N–H and O–H groups in total. The van der Waals surface area contributed by atoms with Crippen molar-refractivity contribution in [2.45, 2.75) is 25.3 Å². The molecule has 2 heterocycles. The topological polar surface area (TPSA) is 25.2 Å². The molecule has 2 aromatic carbocycles. The molecule has 0 unspecified atom stereocenters. The molecule has 5 heteroatoms. The summed E-state index contributed by atoms with van der Waals surface area (Å²) in [7, 11) is 0. The van der Waals surface area contributed by atoms with Crippen molar-refractivity contribution in [2.75, 3.05) is 0 Å². The summed E-state index contributed by atoms with van der Waals surface area (Å²) in [6, 6.07) is 13.3. The van der Waals surface area contributed by atoms with E-state index >= 15 is 0 Å². The summed E-state index contributed by atoms with van der Waals surface area (Å²) in [6.45, 7) is 2.63. The van der Waals surface area contributed by atoms with E-state index in [4.69, 9.17) is 0 Å². The quantitative estimate of drug-likeness (QED) is 0.605. The Bertz CT molecular complexity index is 1020. The number of benzene rings is 2. The first-order chi connectivity index (χ1) is 11.8. The molecule has 0 amide bonds. The fourth-order valence-corrected chi connectivity index (χ4v) is 3.18. The molecule has 3 aromatic rings. The molecule has 1 aliphatic rings. The number of para-hydroxylation sites is 1. The Morgan fingerprint density at radius 1 is 0.960 bits per heavy atom. The van der Waals surface area contributed by atoms with E-state index in [-0.39, 0.29) is 5.56 Å². The predicted octanol–water partition coefficient (Wildman–Crippen LogP) is 5.10. The molecule has 0 aliphatic carbocycles. The highest BCUT2D eigenvalue weighted by molar-refractivity contribution is 6.15. The number of halogens is 3. The average molecular weight is 340 g/mol. The third-order valence-corrected chi connectivity index (χ3v) is 4.61. The molecule has 0 fully saturated rings. The van der Waals surface area contributed by atoms with Crippen LogP contribution in [0.25, 0.3) is 10.9 Å². The SMILES string of the molecule is CC1(C)N=C(c2cnc3ccccc3c2)c2cccc(F)c2C1(F)F. The fraction of sp³-hybridized carbons (Fsp3) is 0.200. The lowest BCUT2D eigenvalue weighted by Crippen LogP contribution is -2.44. The van der Waals surface area contributed by atoms with E-state index in [1.165, 1.54) is 26.0 Å². The summed E-state index contributed by atoms with van der Waals surface area (Å²) >= 11 is 0. The van der Waals surface area contributed by atoms with Crippen molar-refractivity contribution in [1.29, 1.82) is 0 Å². The van der Waals surface area contributed by atoms with Gasteiger partial charge in [0, 0.05) is 22.7 Å². The van der Waals surface area contributed by atoms with Crippen molar-refractivity contribution in [3.63, 3.8) is 0 Å². The second kappa shape index (κ2) is 5.15. The molecule has 0 atom stereocenters. The molecule has 4 rings (SSSR count). The molecule has 0 saturated heterocycles. The molecule has 25 heavy (non-hydrogen) atoms. The highest BCUT2D eigenvalue weighted by Crippen LogP contribution is 2.47. The van der Waals surface area contributed by atoms with Crippen molar-refractivity contribution in [3.8, 4) is 0 Å². The molecule has 1 aliphatic heterocycles. The van der Waals surface area contributed by atoms with Crippen LogP contribution in [0.1, 0.15) is 30.5 Å². The van der Waals surface area contributed by atoms with Crippen LogP contribution in [-0.4, -0.2) is 16.2 Å². The van der Waals surface area contributed by atoms with Crippen LogP contribution >= 0.6 is 0 Å². The van der Waals surface area contributed by atoms with Crippen LogP contribution in [0.3, 0.4) is 0 Å². The molecule has 0 saturated carbocycles. The van der Waals surface area contributed by atoms with Crippen LogP contribution < -0.4 is 0 Å². The average Bonchev–Trinajstić information content (AvgIpc) is 2.58. The van der Waals surface area contributed by atoms with E-state index in [0.717, 1.165) is 17.0 Å². The molecule has 0 radical (unpaired) electrons. The molecule has 2 nitrogen and oxygen atoms in total. The summed E-state index contributed by atoms with van der Waals surface area (Å²) < 4.78 is 43.9. The highest BCUT2D eigenvalue weighted by Gasteiger charge is 2.54. The fourth-order valence-electron chi connectivity index (χ4n) is 3.18. The van der Waals surface area contributed by atoms with Crippen molar-refractivity contribution in [3.05, 3.63) is 77.2 Å². The zero-order valence-corrected chi connectivity index (χ0v) is 13.7. The summed E-state index contributed by atoms with van der Waals surface area (Å²) in [5.41, 5.74) is -0.521. The van der Waals surface area contributed by atoms with Gasteiger partial charge in [0.2, 0.25) is 0 Å². The van der Waals surface area contributed by atoms with Gasteiger partial charge in [-0.3, -0.25) is 9.98 Å². The van der Waals surface area contributed by atoms with Gasteiger partial charge >= 0.3 is 5.92 Å². The smallest absolute Gasteiger partial charge is 0.271 e. The Balaban J connectivity index is 2.00. The van der Waals surface area contributed by atoms with Gasteiger partial charge in [-0.25, -0.2) is 4.39 Å². The first-order valence-corrected chi connectivity index (χ1v) is 7.93. The molecule has 0 spiro atoms. The maximum atomic E-state index is 14.8. The zero-order chi connectivity index (χ0) is 17.8. The van der Waals surface area contributed by atoms with E-state index in [1.54, 1.807) is 6.20 Å². The summed E-state index contributed by atoms with van der Waals surface area (Å²) in [5, 5.41) is 0.871. The van der Waals surface area contributed by atoms with Crippen LogP contribution in [0, 0.1) is 5.82 Å². The number of rotatable bonds is 1. The highest BCUT2D eigenvalue weighted by atomic mass is 19.3. The minimum atomic E-state index is -3.40. The number of pyridine rings is 1. The number of aromatic nitrogens is 1. The van der Waals surface area contributed by atoms with Crippen molar-refractivity contribution < 1.29 is 13.2 Å². The lowest BCUT2D eigenvalue weighted by molar-refractivity contribution is -0.0710. The Morgan fingerprint density at radius 3 is 2.52 bits per heavy atom. The number of nitrogens with zero attached hydrogens (tertiary/aromatic N) is 2. The van der Waals surface area contributed by atoms with Crippen molar-refractivity contribution in [2.24, 2.45) is 4.99 Å². The van der Waals surface area contributed by atoms with Crippen molar-refractivity contribution in [1.82, 2.24) is 4.98 Å². The summed E-state index contributed by atoms with van der Waals surface area (Å²) in [4.78, 5) is 8.66. The van der Waals surface area contributed by atoms with E-state index in [0.29, 0.717) is 11.3 Å². The van der Waals surface area contributed by atoms with E-state index in [1.807, 2.05) is 30.3 Å². The Labute approximate surface area is 143 Å². The maximum Gasteiger partial charge on any atom is 0.300 e. The van der Waals surface area contributed by atoms with Gasteiger partial charge in [0.05, 0.1) is 16.8 Å². The number of hydrogen-bond donors (Lipinski definition) is 0. The van der Waals surface area contributed by atoms with Gasteiger partial charge in [0.15, 0.2) is 0 Å². The summed E-state index contributed by atoms with van der Waals surface area (Å²) in [6.07, 6.45) is 1.59. The zero-order valence-electron chi connectivity index (χ0n) is 13.7. The van der Waals surface area contributed by atoms with Crippen LogP contribution in [0.15, 0.2) is 59.7 Å². The molecular weight excluding hydrogens is 325 g/mol. The Morgan fingerprint density at radius 2 is 1.72 bits per heavy atom. The van der Waals surface area contributed by atoms with Gasteiger partial charge in [-0.2, -0.15) is 8.78 Å². The Hall–Kier alpha value is -2.69. The second-order valence-electron chi connectivity index (χ2n) is 6.67. The van der Waals surface area contributed by atoms with Crippen LogP contribution in [0.4, 0.5) is 13.2 Å². The standard InChI is InChI=1S/C20H15F3N2/c1-19(2)20(22,23)17-14(7-5-8-15(17)21)18(25-19)13-10-12-6-3-4-9-16(12)24-11-13/h3-11H,1-2H3. The largest absolute Gasteiger partial charge is 0.300 e. The van der Waals surface area contributed by atoms with Gasteiger partial charge in [0.1, 0.15) is 11.4 Å². The predicted molar refractivity (Wildman–Crippen MR) is 91.8 cm³/mol. The van der Waals surface area contributed by atoms with Gasteiger partial charge in [0.25, 0.3) is 0 Å². The normalized spacial score (nSPS) is 17.9. The first-order valence-electron chi connectivity index (χ1n) is 7.93. The van der Waals surface area contributed by atoms with Gasteiger partial charge in [-0.1, -0.05) is 30.3 Å². The molecule has 1 aromatic heterocycles. The third-order valence-electron chi connectivity index (χ3n) is 4.61. The maximum absolute atomic E-state index is 14.8. The number of hydrogen-bond acceptors (Lipinski definition) is 2. The van der Waals surface area contributed by atoms with Crippen LogP contribution in [0.2, 0.25) is 0 Å². The van der Waals surface area contributed by atoms with Gasteiger partial charge in [-0.15, -0.1) is 0 Å². The minimum Gasteiger partial charge on any atom is -0.271 e. The third kappa shape index (κ3) is 2.26. The first kappa shape index (κ1) is 15.8. The van der Waals surface area contributed by atoms with E-state index < -0.39 is 22.8 Å².